The molecule has 3 rings (SSSR count). The van der Waals surface area contributed by atoms with E-state index < -0.39 is 0 Å². The van der Waals surface area contributed by atoms with E-state index in [1.165, 1.54) is 12.1 Å². The summed E-state index contributed by atoms with van der Waals surface area (Å²) in [6, 6.07) is 4.32. The zero-order valence-electron chi connectivity index (χ0n) is 13.0. The van der Waals surface area contributed by atoms with Crippen LogP contribution in [0.5, 0.6) is 11.6 Å². The summed E-state index contributed by atoms with van der Waals surface area (Å²) >= 11 is 0. The fraction of sp³-hybridized carbons (Fsp3) is 0.375. The summed E-state index contributed by atoms with van der Waals surface area (Å²) in [6.07, 6.45) is 3.28. The highest BCUT2D eigenvalue weighted by atomic mass is 19.1. The summed E-state index contributed by atoms with van der Waals surface area (Å²) in [7, 11) is 1.54. The van der Waals surface area contributed by atoms with E-state index in [1.807, 2.05) is 0 Å². The van der Waals surface area contributed by atoms with Gasteiger partial charge in [-0.2, -0.15) is 0 Å². The Morgan fingerprint density at radius 1 is 1.22 bits per heavy atom. The molecular formula is C16H19FN4O2. The maximum Gasteiger partial charge on any atom is 0.232 e. The van der Waals surface area contributed by atoms with Crippen LogP contribution in [0.4, 0.5) is 10.2 Å². The summed E-state index contributed by atoms with van der Waals surface area (Å²) in [5, 5.41) is 3.29. The van der Waals surface area contributed by atoms with Gasteiger partial charge >= 0.3 is 0 Å². The first-order valence-electron chi connectivity index (χ1n) is 7.49. The topological polar surface area (TPSA) is 59.5 Å². The highest BCUT2D eigenvalue weighted by Gasteiger charge is 2.12. The molecule has 1 aromatic carbocycles. The second-order valence-electron chi connectivity index (χ2n) is 5.19. The fourth-order valence-corrected chi connectivity index (χ4v) is 2.45. The van der Waals surface area contributed by atoms with Gasteiger partial charge in [0.25, 0.3) is 0 Å². The van der Waals surface area contributed by atoms with Gasteiger partial charge < -0.3 is 19.7 Å². The van der Waals surface area contributed by atoms with Gasteiger partial charge in [0, 0.05) is 31.7 Å². The minimum atomic E-state index is -0.329. The Labute approximate surface area is 134 Å². The molecule has 23 heavy (non-hydrogen) atoms. The molecule has 6 nitrogen and oxygen atoms in total. The normalized spacial score (nSPS) is 14.6. The highest BCUT2D eigenvalue weighted by Crippen LogP contribution is 2.21. The lowest BCUT2D eigenvalue weighted by Gasteiger charge is -2.27. The summed E-state index contributed by atoms with van der Waals surface area (Å²) in [4.78, 5) is 10.8. The maximum absolute atomic E-state index is 13.3. The second kappa shape index (κ2) is 7.23. The molecule has 0 amide bonds. The van der Waals surface area contributed by atoms with Crippen LogP contribution in [-0.2, 0) is 6.61 Å². The number of hydrogen-bond acceptors (Lipinski definition) is 6. The van der Waals surface area contributed by atoms with Crippen LogP contribution in [0, 0.1) is 5.82 Å². The van der Waals surface area contributed by atoms with Crippen molar-refractivity contribution < 1.29 is 13.9 Å². The minimum Gasteiger partial charge on any atom is -0.496 e. The SMILES string of the molecule is COc1ccc(F)cc1COc1cnc(N2CCNCC2)cn1. The number of nitrogens with zero attached hydrogens (tertiary/aromatic N) is 3. The van der Waals surface area contributed by atoms with Crippen molar-refractivity contribution in [2.24, 2.45) is 0 Å². The molecular weight excluding hydrogens is 299 g/mol. The van der Waals surface area contributed by atoms with Gasteiger partial charge in [0.15, 0.2) is 0 Å². The first kappa shape index (κ1) is 15.5. The Bertz CT molecular complexity index is 645. The summed E-state index contributed by atoms with van der Waals surface area (Å²) in [5.41, 5.74) is 0.625. The average molecular weight is 318 g/mol. The van der Waals surface area contributed by atoms with Crippen molar-refractivity contribution >= 4 is 5.82 Å². The molecule has 1 aliphatic heterocycles. The van der Waals surface area contributed by atoms with Crippen LogP contribution < -0.4 is 19.7 Å². The van der Waals surface area contributed by atoms with Crippen LogP contribution in [0.3, 0.4) is 0 Å². The zero-order chi connectivity index (χ0) is 16.1. The van der Waals surface area contributed by atoms with Crippen LogP contribution >= 0.6 is 0 Å². The van der Waals surface area contributed by atoms with Crippen molar-refractivity contribution in [3.8, 4) is 11.6 Å². The first-order chi connectivity index (χ1) is 11.3. The summed E-state index contributed by atoms with van der Waals surface area (Å²) < 4.78 is 24.1. The van der Waals surface area contributed by atoms with Crippen LogP contribution in [0.15, 0.2) is 30.6 Å². The molecule has 122 valence electrons. The number of halogens is 1. The van der Waals surface area contributed by atoms with Gasteiger partial charge in [-0.1, -0.05) is 0 Å². The van der Waals surface area contributed by atoms with Gasteiger partial charge in [-0.25, -0.2) is 14.4 Å². The van der Waals surface area contributed by atoms with Crippen molar-refractivity contribution in [1.82, 2.24) is 15.3 Å². The van der Waals surface area contributed by atoms with E-state index in [-0.39, 0.29) is 12.4 Å². The number of piperazine rings is 1. The molecule has 1 saturated heterocycles. The summed E-state index contributed by atoms with van der Waals surface area (Å²) in [5.74, 6) is 1.48. The number of methoxy groups -OCH3 is 1. The Balaban J connectivity index is 1.63. The molecule has 0 unspecified atom stereocenters. The zero-order valence-corrected chi connectivity index (χ0v) is 13.0. The molecule has 1 aliphatic rings. The van der Waals surface area contributed by atoms with E-state index in [0.29, 0.717) is 17.2 Å². The third-order valence-electron chi connectivity index (χ3n) is 3.67. The molecule has 0 bridgehead atoms. The Morgan fingerprint density at radius 3 is 2.74 bits per heavy atom. The molecule has 1 N–H and O–H groups in total. The number of benzene rings is 1. The van der Waals surface area contributed by atoms with Crippen molar-refractivity contribution in [1.29, 1.82) is 0 Å². The quantitative estimate of drug-likeness (QED) is 0.904. The number of nitrogens with one attached hydrogen (secondary N) is 1. The standard InChI is InChI=1S/C16H19FN4O2/c1-22-14-3-2-13(17)8-12(14)11-23-16-10-19-15(9-20-16)21-6-4-18-5-7-21/h2-3,8-10,18H,4-7,11H2,1H3. The van der Waals surface area contributed by atoms with Gasteiger partial charge in [0.2, 0.25) is 5.88 Å². The third-order valence-corrected chi connectivity index (χ3v) is 3.67. The molecule has 0 atom stereocenters. The fourth-order valence-electron chi connectivity index (χ4n) is 2.45. The molecule has 0 saturated carbocycles. The largest absolute Gasteiger partial charge is 0.496 e. The molecule has 7 heteroatoms. The van der Waals surface area contributed by atoms with Gasteiger partial charge in [-0.05, 0) is 18.2 Å². The molecule has 0 spiro atoms. The average Bonchev–Trinajstić information content (AvgIpc) is 2.61. The van der Waals surface area contributed by atoms with Crippen LogP contribution in [0.2, 0.25) is 0 Å². The second-order valence-corrected chi connectivity index (χ2v) is 5.19. The summed E-state index contributed by atoms with van der Waals surface area (Å²) in [6.45, 7) is 3.88. The molecule has 2 aromatic rings. The lowest BCUT2D eigenvalue weighted by atomic mass is 10.2. The molecule has 2 heterocycles. The minimum absolute atomic E-state index is 0.169. The Hall–Kier alpha value is -2.41. The van der Waals surface area contributed by atoms with Gasteiger partial charge in [-0.3, -0.25) is 0 Å². The van der Waals surface area contributed by atoms with E-state index in [1.54, 1.807) is 25.6 Å². The van der Waals surface area contributed by atoms with E-state index in [2.05, 4.69) is 20.2 Å². The highest BCUT2D eigenvalue weighted by molar-refractivity contribution is 5.37. The smallest absolute Gasteiger partial charge is 0.232 e. The lowest BCUT2D eigenvalue weighted by Crippen LogP contribution is -2.43. The van der Waals surface area contributed by atoms with E-state index in [9.17, 15) is 4.39 Å². The van der Waals surface area contributed by atoms with Crippen LogP contribution in [0.25, 0.3) is 0 Å². The van der Waals surface area contributed by atoms with Crippen LogP contribution in [0.1, 0.15) is 5.56 Å². The first-order valence-corrected chi connectivity index (χ1v) is 7.49. The van der Waals surface area contributed by atoms with Crippen molar-refractivity contribution in [2.75, 3.05) is 38.2 Å². The molecule has 1 aromatic heterocycles. The number of rotatable bonds is 5. The van der Waals surface area contributed by atoms with Gasteiger partial charge in [0.1, 0.15) is 24.0 Å². The number of ether oxygens (including phenoxy) is 2. The van der Waals surface area contributed by atoms with Gasteiger partial charge in [0.05, 0.1) is 19.5 Å². The van der Waals surface area contributed by atoms with E-state index in [4.69, 9.17) is 9.47 Å². The number of hydrogen-bond donors (Lipinski definition) is 1. The van der Waals surface area contributed by atoms with Crippen molar-refractivity contribution in [3.05, 3.63) is 42.0 Å². The Kier molecular flexibility index (Phi) is 4.87. The van der Waals surface area contributed by atoms with E-state index in [0.717, 1.165) is 32.0 Å². The predicted molar refractivity (Wildman–Crippen MR) is 84.4 cm³/mol. The maximum atomic E-state index is 13.3. The lowest BCUT2D eigenvalue weighted by molar-refractivity contribution is 0.283. The molecule has 0 aliphatic carbocycles. The third kappa shape index (κ3) is 3.87. The number of anilines is 1. The van der Waals surface area contributed by atoms with Crippen molar-refractivity contribution in [3.63, 3.8) is 0 Å². The van der Waals surface area contributed by atoms with Crippen molar-refractivity contribution in [2.45, 2.75) is 6.61 Å². The molecule has 0 radical (unpaired) electrons. The van der Waals surface area contributed by atoms with Crippen LogP contribution in [-0.4, -0.2) is 43.3 Å². The predicted octanol–water partition coefficient (Wildman–Crippen LogP) is 1.61. The molecule has 1 fully saturated rings. The van der Waals surface area contributed by atoms with E-state index >= 15 is 0 Å². The Morgan fingerprint density at radius 2 is 2.04 bits per heavy atom. The number of aromatic nitrogens is 2. The monoisotopic (exact) mass is 318 g/mol. The van der Waals surface area contributed by atoms with Gasteiger partial charge in [-0.15, -0.1) is 0 Å².